The zero-order chi connectivity index (χ0) is 20.9. The molecule has 2 heterocycles. The van der Waals surface area contributed by atoms with Gasteiger partial charge in [0.2, 0.25) is 5.91 Å². The molecular formula is C23H24ClN3O2S. The number of unbranched alkanes of at least 4 members (excludes halogenated alkanes) is 1. The van der Waals surface area contributed by atoms with Gasteiger partial charge in [-0.3, -0.25) is 9.78 Å². The number of amides is 1. The molecule has 5 nitrogen and oxygen atoms in total. The van der Waals surface area contributed by atoms with Gasteiger partial charge in [-0.2, -0.15) is 0 Å². The molecule has 30 heavy (non-hydrogen) atoms. The Balaban J connectivity index is 1.33. The first-order valence-corrected chi connectivity index (χ1v) is 11.5. The monoisotopic (exact) mass is 441 g/mol. The number of pyridine rings is 1. The second-order valence-electron chi connectivity index (χ2n) is 7.31. The van der Waals surface area contributed by atoms with Crippen molar-refractivity contribution in [2.24, 2.45) is 0 Å². The van der Waals surface area contributed by atoms with Gasteiger partial charge in [0.1, 0.15) is 11.1 Å². The minimum atomic E-state index is 0.0219. The van der Waals surface area contributed by atoms with Crippen LogP contribution in [0.25, 0.3) is 10.9 Å². The number of aromatic hydroxyl groups is 1. The Morgan fingerprint density at radius 3 is 2.83 bits per heavy atom. The van der Waals surface area contributed by atoms with E-state index in [0.29, 0.717) is 11.4 Å². The maximum Gasteiger partial charge on any atom is 0.224 e. The molecule has 1 aromatic heterocycles. The topological polar surface area (TPSA) is 65.5 Å². The summed E-state index contributed by atoms with van der Waals surface area (Å²) >= 11 is 7.85. The maximum absolute atomic E-state index is 12.5. The van der Waals surface area contributed by atoms with Crippen molar-refractivity contribution in [3.05, 3.63) is 65.3 Å². The van der Waals surface area contributed by atoms with Gasteiger partial charge < -0.3 is 15.3 Å². The molecule has 1 aliphatic heterocycles. The van der Waals surface area contributed by atoms with E-state index in [1.807, 2.05) is 41.3 Å². The molecule has 3 aromatic rings. The third-order valence-corrected chi connectivity index (χ3v) is 6.74. The van der Waals surface area contributed by atoms with Crippen molar-refractivity contribution >= 4 is 45.9 Å². The van der Waals surface area contributed by atoms with Gasteiger partial charge in [-0.15, -0.1) is 11.8 Å². The highest BCUT2D eigenvalue weighted by Crippen LogP contribution is 2.37. The highest BCUT2D eigenvalue weighted by atomic mass is 35.5. The Kier molecular flexibility index (Phi) is 6.65. The van der Waals surface area contributed by atoms with E-state index in [4.69, 9.17) is 11.6 Å². The molecule has 0 aliphatic carbocycles. The first kappa shape index (κ1) is 20.8. The number of hydrogen-bond acceptors (Lipinski definition) is 5. The van der Waals surface area contributed by atoms with Gasteiger partial charge in [-0.1, -0.05) is 23.7 Å². The second kappa shape index (κ2) is 9.58. The summed E-state index contributed by atoms with van der Waals surface area (Å²) in [7, 11) is 0. The van der Waals surface area contributed by atoms with Gasteiger partial charge in [0.15, 0.2) is 0 Å². The largest absolute Gasteiger partial charge is 0.508 e. The standard InChI is InChI=1S/C23H24ClN3O2S/c24-17-5-8-19-20(9-12-26-21(19)15-17)25-11-1-2-13-27-22(29)10-14-30-23(27)16-3-6-18(28)7-4-16/h3-9,12,15,23,28H,1-2,10-11,13-14H2,(H,25,26). The molecule has 156 valence electrons. The number of phenols is 1. The average molecular weight is 442 g/mol. The Bertz CT molecular complexity index is 1030. The van der Waals surface area contributed by atoms with Crippen molar-refractivity contribution in [3.63, 3.8) is 0 Å². The molecule has 2 aromatic carbocycles. The minimum absolute atomic E-state index is 0.0219. The van der Waals surface area contributed by atoms with Crippen molar-refractivity contribution in [1.29, 1.82) is 0 Å². The van der Waals surface area contributed by atoms with E-state index in [-0.39, 0.29) is 17.0 Å². The number of nitrogens with zero attached hydrogens (tertiary/aromatic N) is 2. The van der Waals surface area contributed by atoms with Crippen molar-refractivity contribution < 1.29 is 9.90 Å². The number of aromatic nitrogens is 1. The lowest BCUT2D eigenvalue weighted by Crippen LogP contribution is -2.38. The van der Waals surface area contributed by atoms with Crippen LogP contribution in [0, 0.1) is 0 Å². The molecule has 1 atom stereocenters. The van der Waals surface area contributed by atoms with Crippen LogP contribution < -0.4 is 5.32 Å². The number of fused-ring (bicyclic) bond motifs is 1. The summed E-state index contributed by atoms with van der Waals surface area (Å²) in [6.07, 6.45) is 4.24. The molecule has 0 bridgehead atoms. The van der Waals surface area contributed by atoms with E-state index in [0.717, 1.165) is 53.8 Å². The van der Waals surface area contributed by atoms with Crippen LogP contribution in [0.2, 0.25) is 5.02 Å². The SMILES string of the molecule is O=C1CCSC(c2ccc(O)cc2)N1CCCCNc1ccnc2cc(Cl)ccc12. The lowest BCUT2D eigenvalue weighted by Gasteiger charge is -2.35. The zero-order valence-electron chi connectivity index (χ0n) is 16.6. The molecule has 0 radical (unpaired) electrons. The highest BCUT2D eigenvalue weighted by molar-refractivity contribution is 7.99. The molecule has 0 spiro atoms. The molecule has 2 N–H and O–H groups in total. The van der Waals surface area contributed by atoms with Crippen molar-refractivity contribution in [2.75, 3.05) is 24.2 Å². The van der Waals surface area contributed by atoms with Gasteiger partial charge in [-0.25, -0.2) is 0 Å². The first-order valence-electron chi connectivity index (χ1n) is 10.1. The van der Waals surface area contributed by atoms with Crippen LogP contribution in [0.4, 0.5) is 5.69 Å². The Labute approximate surface area is 185 Å². The number of carbonyl (C=O) groups excluding carboxylic acids is 1. The summed E-state index contributed by atoms with van der Waals surface area (Å²) in [5, 5.41) is 14.8. The van der Waals surface area contributed by atoms with Crippen molar-refractivity contribution in [3.8, 4) is 5.75 Å². The fourth-order valence-corrected chi connectivity index (χ4v) is 5.12. The van der Waals surface area contributed by atoms with Crippen molar-refractivity contribution in [2.45, 2.75) is 24.6 Å². The normalized spacial score (nSPS) is 16.8. The molecule has 7 heteroatoms. The lowest BCUT2D eigenvalue weighted by atomic mass is 10.1. The lowest BCUT2D eigenvalue weighted by molar-refractivity contribution is -0.132. The summed E-state index contributed by atoms with van der Waals surface area (Å²) < 4.78 is 0. The number of carbonyl (C=O) groups is 1. The molecule has 1 amide bonds. The Morgan fingerprint density at radius 2 is 2.00 bits per heavy atom. The number of nitrogens with one attached hydrogen (secondary N) is 1. The van der Waals surface area contributed by atoms with Crippen molar-refractivity contribution in [1.82, 2.24) is 9.88 Å². The molecular weight excluding hydrogens is 418 g/mol. The van der Waals surface area contributed by atoms with Gasteiger partial charge in [0, 0.05) is 47.6 Å². The maximum atomic E-state index is 12.5. The smallest absolute Gasteiger partial charge is 0.224 e. The average Bonchev–Trinajstić information content (AvgIpc) is 2.75. The van der Waals surface area contributed by atoms with E-state index in [2.05, 4.69) is 10.3 Å². The molecule has 1 fully saturated rings. The molecule has 4 rings (SSSR count). The third kappa shape index (κ3) is 4.82. The van der Waals surface area contributed by atoms with E-state index >= 15 is 0 Å². The second-order valence-corrected chi connectivity index (χ2v) is 8.93. The first-order chi connectivity index (χ1) is 14.6. The quantitative estimate of drug-likeness (QED) is 0.477. The van der Waals surface area contributed by atoms with Crippen LogP contribution in [0.5, 0.6) is 5.75 Å². The van der Waals surface area contributed by atoms with E-state index in [1.54, 1.807) is 30.1 Å². The third-order valence-electron chi connectivity index (χ3n) is 5.22. The summed E-state index contributed by atoms with van der Waals surface area (Å²) in [5.74, 6) is 1.29. The fourth-order valence-electron chi connectivity index (χ4n) is 3.68. The summed E-state index contributed by atoms with van der Waals surface area (Å²) in [6, 6.07) is 14.9. The number of benzene rings is 2. The molecule has 0 saturated carbocycles. The number of halogens is 1. The summed E-state index contributed by atoms with van der Waals surface area (Å²) in [5.41, 5.74) is 2.98. The van der Waals surface area contributed by atoms with Crippen LogP contribution in [0.3, 0.4) is 0 Å². The number of anilines is 1. The van der Waals surface area contributed by atoms with Crippen LogP contribution in [0.15, 0.2) is 54.7 Å². The Morgan fingerprint density at radius 1 is 1.17 bits per heavy atom. The van der Waals surface area contributed by atoms with Crippen LogP contribution >= 0.6 is 23.4 Å². The van der Waals surface area contributed by atoms with Gasteiger partial charge in [0.05, 0.1) is 5.52 Å². The highest BCUT2D eigenvalue weighted by Gasteiger charge is 2.29. The number of phenolic OH excluding ortho intramolecular Hbond substituents is 1. The number of rotatable bonds is 7. The van der Waals surface area contributed by atoms with E-state index in [9.17, 15) is 9.90 Å². The van der Waals surface area contributed by atoms with Gasteiger partial charge in [-0.05, 0) is 54.8 Å². The van der Waals surface area contributed by atoms with Crippen LogP contribution in [-0.4, -0.2) is 39.7 Å². The Hall–Kier alpha value is -2.44. The number of thioether (sulfide) groups is 1. The summed E-state index contributed by atoms with van der Waals surface area (Å²) in [4.78, 5) is 18.9. The zero-order valence-corrected chi connectivity index (χ0v) is 18.1. The predicted molar refractivity (Wildman–Crippen MR) is 124 cm³/mol. The number of hydrogen-bond donors (Lipinski definition) is 2. The predicted octanol–water partition coefficient (Wildman–Crippen LogP) is 5.45. The van der Waals surface area contributed by atoms with Gasteiger partial charge in [0.25, 0.3) is 0 Å². The van der Waals surface area contributed by atoms with Crippen LogP contribution in [0.1, 0.15) is 30.2 Å². The summed E-state index contributed by atoms with van der Waals surface area (Å²) in [6.45, 7) is 1.55. The molecule has 1 unspecified atom stereocenters. The molecule has 1 aliphatic rings. The van der Waals surface area contributed by atoms with Gasteiger partial charge >= 0.3 is 0 Å². The fraction of sp³-hybridized carbons (Fsp3) is 0.304. The van der Waals surface area contributed by atoms with E-state index < -0.39 is 0 Å². The van der Waals surface area contributed by atoms with Crippen LogP contribution in [-0.2, 0) is 4.79 Å². The van der Waals surface area contributed by atoms with E-state index in [1.165, 1.54) is 0 Å². The minimum Gasteiger partial charge on any atom is -0.508 e. The molecule has 1 saturated heterocycles.